The van der Waals surface area contributed by atoms with E-state index in [9.17, 15) is 13.2 Å². The third-order valence-electron chi connectivity index (χ3n) is 0.937. The van der Waals surface area contributed by atoms with Crippen LogP contribution in [-0.2, 0) is 19.1 Å². The second kappa shape index (κ2) is 3.68. The third kappa shape index (κ3) is 4.74. The van der Waals surface area contributed by atoms with Crippen LogP contribution in [0.25, 0.3) is 0 Å². The highest BCUT2D eigenvalue weighted by Gasteiger charge is 2.20. The lowest BCUT2D eigenvalue weighted by Gasteiger charge is -2.07. The van der Waals surface area contributed by atoms with Crippen molar-refractivity contribution in [2.45, 2.75) is 19.4 Å². The standard InChI is InChI=1S/C5H10O5S/c1-3-4(5(6)7)10-11(2,8)9/h4H,3H2,1-2H3,(H,6,7). The Hall–Kier alpha value is -0.620. The van der Waals surface area contributed by atoms with E-state index in [1.165, 1.54) is 6.92 Å². The van der Waals surface area contributed by atoms with Gasteiger partial charge in [-0.2, -0.15) is 8.42 Å². The predicted molar refractivity (Wildman–Crippen MR) is 37.6 cm³/mol. The van der Waals surface area contributed by atoms with Crippen LogP contribution in [-0.4, -0.2) is 31.9 Å². The number of aliphatic carboxylic acids is 1. The third-order valence-corrected chi connectivity index (χ3v) is 1.52. The van der Waals surface area contributed by atoms with Crippen LogP contribution in [0.1, 0.15) is 13.3 Å². The first-order valence-electron chi connectivity index (χ1n) is 2.98. The largest absolute Gasteiger partial charge is 0.479 e. The first-order chi connectivity index (χ1) is 4.87. The summed E-state index contributed by atoms with van der Waals surface area (Å²) in [4.78, 5) is 10.2. The number of hydrogen-bond donors (Lipinski definition) is 1. The summed E-state index contributed by atoms with van der Waals surface area (Å²) < 4.78 is 25.1. The van der Waals surface area contributed by atoms with Crippen LogP contribution in [0.4, 0.5) is 0 Å². The van der Waals surface area contributed by atoms with E-state index in [-0.39, 0.29) is 6.42 Å². The van der Waals surface area contributed by atoms with Crippen molar-refractivity contribution in [3.8, 4) is 0 Å². The quantitative estimate of drug-likeness (QED) is 0.610. The molecule has 0 radical (unpaired) electrons. The minimum atomic E-state index is -3.66. The van der Waals surface area contributed by atoms with E-state index < -0.39 is 22.2 Å². The fourth-order valence-electron chi connectivity index (χ4n) is 0.495. The number of carboxylic acids is 1. The monoisotopic (exact) mass is 182 g/mol. The normalized spacial score (nSPS) is 14.4. The van der Waals surface area contributed by atoms with Gasteiger partial charge in [0.25, 0.3) is 10.1 Å². The summed E-state index contributed by atoms with van der Waals surface area (Å²) in [5, 5.41) is 8.35. The van der Waals surface area contributed by atoms with E-state index in [4.69, 9.17) is 5.11 Å². The summed E-state index contributed by atoms with van der Waals surface area (Å²) in [6.07, 6.45) is -0.314. The number of hydrogen-bond acceptors (Lipinski definition) is 4. The lowest BCUT2D eigenvalue weighted by atomic mass is 10.3. The number of carboxylic acid groups (broad SMARTS) is 1. The van der Waals surface area contributed by atoms with Crippen molar-refractivity contribution < 1.29 is 22.5 Å². The maximum atomic E-state index is 10.4. The van der Waals surface area contributed by atoms with Crippen molar-refractivity contribution in [3.05, 3.63) is 0 Å². The molecular formula is C5H10O5S. The molecule has 0 spiro atoms. The zero-order valence-corrected chi connectivity index (χ0v) is 7.09. The fourth-order valence-corrected chi connectivity index (χ4v) is 1.14. The SMILES string of the molecule is CCC(OS(C)(=O)=O)C(=O)O. The Morgan fingerprint density at radius 3 is 2.18 bits per heavy atom. The lowest BCUT2D eigenvalue weighted by Crippen LogP contribution is -2.25. The molecule has 0 amide bonds. The van der Waals surface area contributed by atoms with Crippen molar-refractivity contribution >= 4 is 16.1 Å². The minimum absolute atomic E-state index is 0.127. The van der Waals surface area contributed by atoms with Gasteiger partial charge in [-0.25, -0.2) is 4.79 Å². The van der Waals surface area contributed by atoms with Crippen LogP contribution in [0.2, 0.25) is 0 Å². The van der Waals surface area contributed by atoms with Crippen molar-refractivity contribution in [2.75, 3.05) is 6.26 Å². The lowest BCUT2D eigenvalue weighted by molar-refractivity contribution is -0.145. The molecule has 0 bridgehead atoms. The number of rotatable bonds is 4. The van der Waals surface area contributed by atoms with E-state index in [0.29, 0.717) is 0 Å². The van der Waals surface area contributed by atoms with Gasteiger partial charge in [0.15, 0.2) is 6.10 Å². The van der Waals surface area contributed by atoms with Gasteiger partial charge in [0.05, 0.1) is 6.26 Å². The van der Waals surface area contributed by atoms with Gasteiger partial charge >= 0.3 is 5.97 Å². The topological polar surface area (TPSA) is 80.7 Å². The fraction of sp³-hybridized carbons (Fsp3) is 0.800. The Labute approximate surface area is 65.1 Å². The van der Waals surface area contributed by atoms with Crippen LogP contribution >= 0.6 is 0 Å². The molecule has 0 aromatic heterocycles. The van der Waals surface area contributed by atoms with E-state index in [1.54, 1.807) is 0 Å². The van der Waals surface area contributed by atoms with Gasteiger partial charge in [0, 0.05) is 0 Å². The molecule has 0 aliphatic heterocycles. The van der Waals surface area contributed by atoms with Gasteiger partial charge in [-0.3, -0.25) is 4.18 Å². The van der Waals surface area contributed by atoms with Crippen molar-refractivity contribution in [1.29, 1.82) is 0 Å². The Bertz CT molecular complexity index is 229. The summed E-state index contributed by atoms with van der Waals surface area (Å²) in [6, 6.07) is 0. The first kappa shape index (κ1) is 10.4. The average molecular weight is 182 g/mol. The Balaban J connectivity index is 4.22. The summed E-state index contributed by atoms with van der Waals surface area (Å²) in [6.45, 7) is 1.53. The molecule has 0 aliphatic rings. The first-order valence-corrected chi connectivity index (χ1v) is 4.79. The zero-order chi connectivity index (χ0) is 9.07. The van der Waals surface area contributed by atoms with Crippen LogP contribution in [0.3, 0.4) is 0 Å². The van der Waals surface area contributed by atoms with Crippen LogP contribution in [0, 0.1) is 0 Å². The highest BCUT2D eigenvalue weighted by molar-refractivity contribution is 7.86. The maximum Gasteiger partial charge on any atom is 0.334 e. The van der Waals surface area contributed by atoms with Crippen LogP contribution in [0.15, 0.2) is 0 Å². The molecule has 1 unspecified atom stereocenters. The molecular weight excluding hydrogens is 172 g/mol. The van der Waals surface area contributed by atoms with E-state index in [1.807, 2.05) is 0 Å². The molecule has 5 nitrogen and oxygen atoms in total. The van der Waals surface area contributed by atoms with Crippen LogP contribution in [0.5, 0.6) is 0 Å². The zero-order valence-electron chi connectivity index (χ0n) is 6.27. The predicted octanol–water partition coefficient (Wildman–Crippen LogP) is -0.174. The Kier molecular flexibility index (Phi) is 3.47. The van der Waals surface area contributed by atoms with Gasteiger partial charge in [0.1, 0.15) is 0 Å². The van der Waals surface area contributed by atoms with Gasteiger partial charge in [-0.05, 0) is 6.42 Å². The Morgan fingerprint density at radius 2 is 2.09 bits per heavy atom. The van der Waals surface area contributed by atoms with Crippen molar-refractivity contribution in [1.82, 2.24) is 0 Å². The molecule has 1 N–H and O–H groups in total. The Morgan fingerprint density at radius 1 is 1.64 bits per heavy atom. The molecule has 0 aromatic rings. The molecule has 1 atom stereocenters. The van der Waals surface area contributed by atoms with Gasteiger partial charge in [-0.1, -0.05) is 6.92 Å². The molecule has 66 valence electrons. The van der Waals surface area contributed by atoms with E-state index in [0.717, 1.165) is 6.26 Å². The van der Waals surface area contributed by atoms with Gasteiger partial charge in [0.2, 0.25) is 0 Å². The van der Waals surface area contributed by atoms with Gasteiger partial charge in [-0.15, -0.1) is 0 Å². The smallest absolute Gasteiger partial charge is 0.334 e. The molecule has 6 heteroatoms. The second-order valence-corrected chi connectivity index (χ2v) is 3.64. The van der Waals surface area contributed by atoms with Crippen molar-refractivity contribution in [2.24, 2.45) is 0 Å². The van der Waals surface area contributed by atoms with Crippen molar-refractivity contribution in [3.63, 3.8) is 0 Å². The van der Waals surface area contributed by atoms with Crippen LogP contribution < -0.4 is 0 Å². The van der Waals surface area contributed by atoms with E-state index in [2.05, 4.69) is 4.18 Å². The molecule has 0 aromatic carbocycles. The molecule has 0 saturated carbocycles. The highest BCUT2D eigenvalue weighted by Crippen LogP contribution is 2.01. The van der Waals surface area contributed by atoms with E-state index >= 15 is 0 Å². The maximum absolute atomic E-state index is 10.4. The van der Waals surface area contributed by atoms with Gasteiger partial charge < -0.3 is 5.11 Å². The summed E-state index contributed by atoms with van der Waals surface area (Å²) in [7, 11) is -3.66. The molecule has 11 heavy (non-hydrogen) atoms. The summed E-state index contributed by atoms with van der Waals surface area (Å²) in [5.74, 6) is -1.27. The second-order valence-electron chi connectivity index (χ2n) is 2.04. The molecule has 0 saturated heterocycles. The summed E-state index contributed by atoms with van der Waals surface area (Å²) >= 11 is 0. The number of carbonyl (C=O) groups is 1. The molecule has 0 heterocycles. The molecule has 0 rings (SSSR count). The molecule has 0 aliphatic carbocycles. The highest BCUT2D eigenvalue weighted by atomic mass is 32.2. The minimum Gasteiger partial charge on any atom is -0.479 e. The molecule has 0 fully saturated rings. The summed E-state index contributed by atoms with van der Waals surface area (Å²) in [5.41, 5.74) is 0. The average Bonchev–Trinajstić information content (AvgIpc) is 1.80.